The number of hydrogen-bond donors (Lipinski definition) is 1. The summed E-state index contributed by atoms with van der Waals surface area (Å²) >= 11 is 0. The molecule has 0 aliphatic carbocycles. The second-order valence-corrected chi connectivity index (χ2v) is 6.82. The van der Waals surface area contributed by atoms with Crippen molar-refractivity contribution in [3.05, 3.63) is 41.5 Å². The fourth-order valence-electron chi connectivity index (χ4n) is 3.45. The topological polar surface area (TPSA) is 32.3 Å². The Morgan fingerprint density at radius 2 is 2.00 bits per heavy atom. The number of benzene rings is 1. The number of fused-ring (bicyclic) bond motifs is 1. The third-order valence-corrected chi connectivity index (χ3v) is 5.04. The molecule has 2 aliphatic rings. The van der Waals surface area contributed by atoms with Crippen LogP contribution in [0.25, 0.3) is 5.70 Å². The summed E-state index contributed by atoms with van der Waals surface area (Å²) < 4.78 is 0. The number of rotatable bonds is 2. The predicted molar refractivity (Wildman–Crippen MR) is 90.4 cm³/mol. The minimum Gasteiger partial charge on any atom is -0.379 e. The molecule has 3 heteroatoms. The van der Waals surface area contributed by atoms with E-state index >= 15 is 0 Å². The summed E-state index contributed by atoms with van der Waals surface area (Å²) in [5.41, 5.74) is 3.53. The van der Waals surface area contributed by atoms with Gasteiger partial charge in [0.25, 0.3) is 0 Å². The van der Waals surface area contributed by atoms with Crippen LogP contribution in [0.2, 0.25) is 0 Å². The highest BCUT2D eigenvalue weighted by molar-refractivity contribution is 5.95. The lowest BCUT2D eigenvalue weighted by Crippen LogP contribution is -2.46. The second kappa shape index (κ2) is 6.15. The van der Waals surface area contributed by atoms with Gasteiger partial charge < -0.3 is 10.2 Å². The SMILES string of the molecule is CC[C@]1(C)Cc2ccccc2/C(=C/C(=O)N2CCCCC2)N1. The van der Waals surface area contributed by atoms with Gasteiger partial charge in [0.05, 0.1) is 0 Å². The van der Waals surface area contributed by atoms with E-state index in [1.54, 1.807) is 0 Å². The molecule has 1 fully saturated rings. The molecule has 2 aliphatic heterocycles. The maximum Gasteiger partial charge on any atom is 0.248 e. The number of likely N-dealkylation sites (tertiary alicyclic amines) is 1. The first-order valence-corrected chi connectivity index (χ1v) is 8.48. The smallest absolute Gasteiger partial charge is 0.248 e. The first kappa shape index (κ1) is 15.1. The monoisotopic (exact) mass is 298 g/mol. The number of hydrogen-bond acceptors (Lipinski definition) is 2. The molecule has 1 aromatic carbocycles. The van der Waals surface area contributed by atoms with Crippen molar-refractivity contribution >= 4 is 11.6 Å². The van der Waals surface area contributed by atoms with Crippen molar-refractivity contribution in [1.29, 1.82) is 0 Å². The Kier molecular flexibility index (Phi) is 4.23. The van der Waals surface area contributed by atoms with E-state index in [1.165, 1.54) is 17.5 Å². The molecule has 0 aromatic heterocycles. The molecule has 2 heterocycles. The van der Waals surface area contributed by atoms with Crippen molar-refractivity contribution in [3.63, 3.8) is 0 Å². The molecule has 3 nitrogen and oxygen atoms in total. The summed E-state index contributed by atoms with van der Waals surface area (Å²) in [6.07, 6.45) is 7.37. The molecule has 1 amide bonds. The number of nitrogens with one attached hydrogen (secondary N) is 1. The normalized spacial score (nSPS) is 26.5. The fraction of sp³-hybridized carbons (Fsp3) is 0.526. The molecule has 1 saturated heterocycles. The van der Waals surface area contributed by atoms with Gasteiger partial charge in [0.15, 0.2) is 0 Å². The second-order valence-electron chi connectivity index (χ2n) is 6.82. The van der Waals surface area contributed by atoms with Crippen molar-refractivity contribution in [2.45, 2.75) is 51.5 Å². The van der Waals surface area contributed by atoms with Crippen molar-refractivity contribution in [2.75, 3.05) is 13.1 Å². The minimum atomic E-state index is 0.0301. The van der Waals surface area contributed by atoms with Crippen molar-refractivity contribution < 1.29 is 4.79 Å². The van der Waals surface area contributed by atoms with Crippen LogP contribution in [0.15, 0.2) is 30.3 Å². The third-order valence-electron chi connectivity index (χ3n) is 5.04. The van der Waals surface area contributed by atoms with Gasteiger partial charge in [0.1, 0.15) is 0 Å². The van der Waals surface area contributed by atoms with Crippen LogP contribution >= 0.6 is 0 Å². The van der Waals surface area contributed by atoms with Gasteiger partial charge in [-0.3, -0.25) is 4.79 Å². The van der Waals surface area contributed by atoms with E-state index in [0.717, 1.165) is 44.5 Å². The van der Waals surface area contributed by atoms with Crippen LogP contribution in [0.4, 0.5) is 0 Å². The molecule has 1 aromatic rings. The number of nitrogens with zero attached hydrogens (tertiary/aromatic N) is 1. The van der Waals surface area contributed by atoms with Crippen LogP contribution in [0.5, 0.6) is 0 Å². The molecule has 118 valence electrons. The van der Waals surface area contributed by atoms with Crippen LogP contribution in [-0.4, -0.2) is 29.4 Å². The summed E-state index contributed by atoms with van der Waals surface area (Å²) in [4.78, 5) is 14.6. The summed E-state index contributed by atoms with van der Waals surface area (Å²) in [7, 11) is 0. The van der Waals surface area contributed by atoms with Gasteiger partial charge in [-0.15, -0.1) is 0 Å². The van der Waals surface area contributed by atoms with Crippen LogP contribution in [-0.2, 0) is 11.2 Å². The van der Waals surface area contributed by atoms with Gasteiger partial charge >= 0.3 is 0 Å². The first-order chi connectivity index (χ1) is 10.6. The van der Waals surface area contributed by atoms with E-state index in [4.69, 9.17) is 0 Å². The van der Waals surface area contributed by atoms with Crippen molar-refractivity contribution in [1.82, 2.24) is 10.2 Å². The Bertz CT molecular complexity index is 587. The van der Waals surface area contributed by atoms with E-state index < -0.39 is 0 Å². The lowest BCUT2D eigenvalue weighted by Gasteiger charge is -2.38. The Balaban J connectivity index is 1.90. The molecular formula is C19H26N2O. The molecule has 0 radical (unpaired) electrons. The maximum atomic E-state index is 12.6. The summed E-state index contributed by atoms with van der Waals surface area (Å²) in [5, 5.41) is 3.62. The van der Waals surface area contributed by atoms with Crippen LogP contribution in [0.1, 0.15) is 50.7 Å². The van der Waals surface area contributed by atoms with Crippen LogP contribution in [0.3, 0.4) is 0 Å². The predicted octanol–water partition coefficient (Wildman–Crippen LogP) is 3.35. The first-order valence-electron chi connectivity index (χ1n) is 8.48. The summed E-state index contributed by atoms with van der Waals surface area (Å²) in [6.45, 7) is 6.23. The molecule has 0 unspecified atom stereocenters. The lowest BCUT2D eigenvalue weighted by atomic mass is 9.83. The number of carbonyl (C=O) groups excluding carboxylic acids is 1. The minimum absolute atomic E-state index is 0.0301. The van der Waals surface area contributed by atoms with Gasteiger partial charge in [-0.25, -0.2) is 0 Å². The average Bonchev–Trinajstić information content (AvgIpc) is 2.55. The van der Waals surface area contributed by atoms with E-state index in [2.05, 4.69) is 37.4 Å². The average molecular weight is 298 g/mol. The van der Waals surface area contributed by atoms with Crippen LogP contribution < -0.4 is 5.32 Å². The number of piperidine rings is 1. The zero-order chi connectivity index (χ0) is 15.6. The van der Waals surface area contributed by atoms with Crippen LogP contribution in [0, 0.1) is 0 Å². The largest absolute Gasteiger partial charge is 0.379 e. The molecular weight excluding hydrogens is 272 g/mol. The summed E-state index contributed by atoms with van der Waals surface area (Å²) in [5.74, 6) is 0.150. The number of amides is 1. The Morgan fingerprint density at radius 1 is 1.27 bits per heavy atom. The maximum absolute atomic E-state index is 12.6. The van der Waals surface area contributed by atoms with Crippen molar-refractivity contribution in [2.24, 2.45) is 0 Å². The molecule has 0 saturated carbocycles. The van der Waals surface area contributed by atoms with E-state index in [-0.39, 0.29) is 11.4 Å². The van der Waals surface area contributed by atoms with Gasteiger partial charge in [-0.1, -0.05) is 31.2 Å². The van der Waals surface area contributed by atoms with Gasteiger partial charge in [0.2, 0.25) is 5.91 Å². The Hall–Kier alpha value is -1.77. The lowest BCUT2D eigenvalue weighted by molar-refractivity contribution is -0.126. The molecule has 22 heavy (non-hydrogen) atoms. The van der Waals surface area contributed by atoms with E-state index in [0.29, 0.717) is 0 Å². The fourth-order valence-corrected chi connectivity index (χ4v) is 3.45. The zero-order valence-corrected chi connectivity index (χ0v) is 13.7. The molecule has 1 N–H and O–H groups in total. The molecule has 1 atom stereocenters. The zero-order valence-electron chi connectivity index (χ0n) is 13.7. The van der Waals surface area contributed by atoms with Gasteiger partial charge in [-0.2, -0.15) is 0 Å². The highest BCUT2D eigenvalue weighted by atomic mass is 16.2. The highest BCUT2D eigenvalue weighted by Crippen LogP contribution is 2.31. The number of carbonyl (C=O) groups is 1. The van der Waals surface area contributed by atoms with Gasteiger partial charge in [0, 0.05) is 36.0 Å². The standard InChI is InChI=1S/C19H26N2O/c1-3-19(2)14-15-9-5-6-10-16(15)17(20-19)13-18(22)21-11-7-4-8-12-21/h5-6,9-10,13,20H,3-4,7-8,11-12,14H2,1-2H3/b17-13-/t19-/m1/s1. The quantitative estimate of drug-likeness (QED) is 0.849. The Labute approximate surface area is 133 Å². The van der Waals surface area contributed by atoms with Crippen molar-refractivity contribution in [3.8, 4) is 0 Å². The Morgan fingerprint density at radius 3 is 2.73 bits per heavy atom. The van der Waals surface area contributed by atoms with E-state index in [1.807, 2.05) is 17.0 Å². The molecule has 0 bridgehead atoms. The van der Waals surface area contributed by atoms with E-state index in [9.17, 15) is 4.79 Å². The molecule has 0 spiro atoms. The van der Waals surface area contributed by atoms with Gasteiger partial charge in [-0.05, 0) is 44.6 Å². The summed E-state index contributed by atoms with van der Waals surface area (Å²) in [6, 6.07) is 8.44. The highest BCUT2D eigenvalue weighted by Gasteiger charge is 2.30. The third kappa shape index (κ3) is 3.03. The molecule has 3 rings (SSSR count).